The minimum absolute atomic E-state index is 0.452. The first-order chi connectivity index (χ1) is 11.8. The number of aromatic amines is 1. The molecule has 0 atom stereocenters. The number of thioether (sulfide) groups is 1. The summed E-state index contributed by atoms with van der Waals surface area (Å²) in [7, 11) is 1.62. The summed E-state index contributed by atoms with van der Waals surface area (Å²) < 4.78 is 11.1. The van der Waals surface area contributed by atoms with Crippen LogP contribution in [-0.2, 0) is 5.75 Å². The largest absolute Gasteiger partial charge is 0.496 e. The van der Waals surface area contributed by atoms with Gasteiger partial charge in [0.05, 0.1) is 29.5 Å². The molecule has 120 valence electrons. The second kappa shape index (κ2) is 6.37. The molecule has 7 heteroatoms. The predicted molar refractivity (Wildman–Crippen MR) is 91.9 cm³/mol. The molecule has 0 aliphatic rings. The van der Waals surface area contributed by atoms with Crippen molar-refractivity contribution in [2.75, 3.05) is 7.11 Å². The van der Waals surface area contributed by atoms with Crippen molar-refractivity contribution in [3.8, 4) is 17.2 Å². The van der Waals surface area contributed by atoms with Crippen LogP contribution >= 0.6 is 11.8 Å². The number of nitrogens with zero attached hydrogens (tertiary/aromatic N) is 3. The molecule has 0 bridgehead atoms. The molecule has 6 nitrogen and oxygen atoms in total. The minimum Gasteiger partial charge on any atom is -0.496 e. The number of nitrogens with one attached hydrogen (secondary N) is 1. The number of rotatable bonds is 5. The van der Waals surface area contributed by atoms with Crippen LogP contribution in [0.2, 0.25) is 0 Å². The second-order valence-corrected chi connectivity index (χ2v) is 6.01. The Labute approximate surface area is 142 Å². The molecule has 0 saturated carbocycles. The average molecular weight is 338 g/mol. The quantitative estimate of drug-likeness (QED) is 0.556. The summed E-state index contributed by atoms with van der Waals surface area (Å²) >= 11 is 1.52. The van der Waals surface area contributed by atoms with Crippen molar-refractivity contribution in [1.82, 2.24) is 20.2 Å². The van der Waals surface area contributed by atoms with Gasteiger partial charge in [-0.3, -0.25) is 0 Å². The average Bonchev–Trinajstić information content (AvgIpc) is 3.26. The lowest BCUT2D eigenvalue weighted by atomic mass is 10.2. The molecule has 0 unspecified atom stereocenters. The predicted octanol–water partition coefficient (Wildman–Crippen LogP) is 3.91. The van der Waals surface area contributed by atoms with E-state index in [2.05, 4.69) is 20.2 Å². The first-order valence-corrected chi connectivity index (χ1v) is 8.35. The normalized spacial score (nSPS) is 11.0. The van der Waals surface area contributed by atoms with Gasteiger partial charge in [0.15, 0.2) is 5.16 Å². The number of benzene rings is 2. The molecule has 2 heterocycles. The van der Waals surface area contributed by atoms with E-state index in [4.69, 9.17) is 9.15 Å². The Bertz CT molecular complexity index is 946. The summed E-state index contributed by atoms with van der Waals surface area (Å²) in [6.07, 6.45) is 0. The van der Waals surface area contributed by atoms with Crippen LogP contribution in [0, 0.1) is 0 Å². The third kappa shape index (κ3) is 2.85. The third-order valence-corrected chi connectivity index (χ3v) is 4.36. The van der Waals surface area contributed by atoms with E-state index in [0.29, 0.717) is 23.3 Å². The van der Waals surface area contributed by atoms with Gasteiger partial charge in [0, 0.05) is 0 Å². The van der Waals surface area contributed by atoms with E-state index in [0.717, 1.165) is 21.8 Å². The van der Waals surface area contributed by atoms with Crippen LogP contribution in [0.5, 0.6) is 5.75 Å². The zero-order valence-electron chi connectivity index (χ0n) is 12.9. The number of hydrogen-bond donors (Lipinski definition) is 1. The third-order valence-electron chi connectivity index (χ3n) is 3.50. The van der Waals surface area contributed by atoms with Crippen LogP contribution in [0.3, 0.4) is 0 Å². The molecule has 1 N–H and O–H groups in total. The fourth-order valence-electron chi connectivity index (χ4n) is 2.37. The Hall–Kier alpha value is -2.80. The highest BCUT2D eigenvalue weighted by Crippen LogP contribution is 2.29. The van der Waals surface area contributed by atoms with Crippen molar-refractivity contribution in [3.63, 3.8) is 0 Å². The molecule has 0 amide bonds. The van der Waals surface area contributed by atoms with E-state index in [1.54, 1.807) is 7.11 Å². The molecule has 2 aromatic heterocycles. The van der Waals surface area contributed by atoms with Crippen LogP contribution < -0.4 is 4.74 Å². The number of H-pyrrole nitrogens is 1. The fraction of sp³-hybridized carbons (Fsp3) is 0.118. The Kier molecular flexibility index (Phi) is 3.92. The number of fused-ring (bicyclic) bond motifs is 1. The van der Waals surface area contributed by atoms with E-state index >= 15 is 0 Å². The maximum atomic E-state index is 5.74. The lowest BCUT2D eigenvalue weighted by molar-refractivity contribution is 0.414. The molecular weight excluding hydrogens is 324 g/mol. The number of aromatic nitrogens is 4. The molecule has 0 saturated heterocycles. The lowest BCUT2D eigenvalue weighted by Gasteiger charge is -2.03. The van der Waals surface area contributed by atoms with E-state index < -0.39 is 0 Å². The van der Waals surface area contributed by atoms with Gasteiger partial charge in [-0.15, -0.1) is 10.2 Å². The standard InChI is InChI=1S/C17H14N4O2S/c1-22-14-9-5-2-6-11(14)16-21-20-15(23-16)10-24-17-18-12-7-3-4-8-13(12)19-17/h2-9H,10H2,1H3,(H,18,19). The summed E-state index contributed by atoms with van der Waals surface area (Å²) in [6, 6.07) is 15.5. The zero-order valence-corrected chi connectivity index (χ0v) is 13.7. The van der Waals surface area contributed by atoms with Crippen LogP contribution in [0.15, 0.2) is 58.1 Å². The zero-order chi connectivity index (χ0) is 16.4. The summed E-state index contributed by atoms with van der Waals surface area (Å²) in [5.41, 5.74) is 2.74. The molecule has 0 radical (unpaired) electrons. The number of para-hydroxylation sites is 3. The van der Waals surface area contributed by atoms with Gasteiger partial charge in [-0.25, -0.2) is 4.98 Å². The highest BCUT2D eigenvalue weighted by molar-refractivity contribution is 7.98. The SMILES string of the molecule is COc1ccccc1-c1nnc(CSc2nc3ccccc3[nH]2)o1. The Morgan fingerprint density at radius 3 is 2.79 bits per heavy atom. The molecular formula is C17H14N4O2S. The lowest BCUT2D eigenvalue weighted by Crippen LogP contribution is -1.87. The molecule has 0 aliphatic heterocycles. The topological polar surface area (TPSA) is 76.8 Å². The molecule has 24 heavy (non-hydrogen) atoms. The van der Waals surface area contributed by atoms with Crippen molar-refractivity contribution in [2.45, 2.75) is 10.9 Å². The van der Waals surface area contributed by atoms with E-state index in [1.165, 1.54) is 11.8 Å². The first-order valence-electron chi connectivity index (χ1n) is 7.37. The first kappa shape index (κ1) is 14.8. The highest BCUT2D eigenvalue weighted by Gasteiger charge is 2.13. The molecule has 4 rings (SSSR count). The molecule has 2 aromatic carbocycles. The smallest absolute Gasteiger partial charge is 0.251 e. The number of ether oxygens (including phenoxy) is 1. The van der Waals surface area contributed by atoms with Gasteiger partial charge >= 0.3 is 0 Å². The highest BCUT2D eigenvalue weighted by atomic mass is 32.2. The van der Waals surface area contributed by atoms with Crippen molar-refractivity contribution in [1.29, 1.82) is 0 Å². The summed E-state index contributed by atoms with van der Waals surface area (Å²) in [4.78, 5) is 7.78. The van der Waals surface area contributed by atoms with Gasteiger partial charge in [-0.05, 0) is 24.3 Å². The van der Waals surface area contributed by atoms with Crippen LogP contribution in [-0.4, -0.2) is 27.3 Å². The summed E-state index contributed by atoms with van der Waals surface area (Å²) in [5, 5.41) is 9.04. The molecule has 0 fully saturated rings. The van der Waals surface area contributed by atoms with E-state index in [1.807, 2.05) is 48.5 Å². The van der Waals surface area contributed by atoms with E-state index in [9.17, 15) is 0 Å². The van der Waals surface area contributed by atoms with Gasteiger partial charge in [-0.1, -0.05) is 36.0 Å². The van der Waals surface area contributed by atoms with E-state index in [-0.39, 0.29) is 0 Å². The van der Waals surface area contributed by atoms with Crippen molar-refractivity contribution < 1.29 is 9.15 Å². The maximum Gasteiger partial charge on any atom is 0.251 e. The summed E-state index contributed by atoms with van der Waals surface area (Å²) in [5.74, 6) is 2.24. The second-order valence-electron chi connectivity index (χ2n) is 5.05. The van der Waals surface area contributed by atoms with Crippen LogP contribution in [0.4, 0.5) is 0 Å². The Morgan fingerprint density at radius 1 is 1.08 bits per heavy atom. The van der Waals surface area contributed by atoms with Crippen LogP contribution in [0.1, 0.15) is 5.89 Å². The van der Waals surface area contributed by atoms with Gasteiger partial charge in [0.25, 0.3) is 5.89 Å². The van der Waals surface area contributed by atoms with Crippen molar-refractivity contribution in [2.24, 2.45) is 0 Å². The van der Waals surface area contributed by atoms with Crippen molar-refractivity contribution >= 4 is 22.8 Å². The maximum absolute atomic E-state index is 5.74. The van der Waals surface area contributed by atoms with Gasteiger partial charge in [0.2, 0.25) is 5.89 Å². The van der Waals surface area contributed by atoms with Crippen molar-refractivity contribution in [3.05, 3.63) is 54.4 Å². The van der Waals surface area contributed by atoms with Gasteiger partial charge in [0.1, 0.15) is 5.75 Å². The monoisotopic (exact) mass is 338 g/mol. The fourth-order valence-corrected chi connectivity index (χ4v) is 3.09. The number of imidazole rings is 1. The Morgan fingerprint density at radius 2 is 1.92 bits per heavy atom. The number of hydrogen-bond acceptors (Lipinski definition) is 6. The molecule has 0 spiro atoms. The van der Waals surface area contributed by atoms with Gasteiger partial charge in [-0.2, -0.15) is 0 Å². The number of methoxy groups -OCH3 is 1. The minimum atomic E-state index is 0.452. The molecule has 0 aliphatic carbocycles. The molecule has 4 aromatic rings. The van der Waals surface area contributed by atoms with Crippen LogP contribution in [0.25, 0.3) is 22.5 Å². The van der Waals surface area contributed by atoms with Gasteiger partial charge < -0.3 is 14.1 Å². The summed E-state index contributed by atoms with van der Waals surface area (Å²) in [6.45, 7) is 0. The Balaban J connectivity index is 1.51.